The maximum Gasteiger partial charge on any atom is 0.215 e. The van der Waals surface area contributed by atoms with Gasteiger partial charge in [0.2, 0.25) is 10.0 Å². The molecular weight excluding hydrogens is 283 g/mol. The Hall–Kier alpha value is 0.190. The monoisotopic (exact) mass is 300 g/mol. The van der Waals surface area contributed by atoms with E-state index in [9.17, 15) is 8.42 Å². The number of hydrogen-bond donors (Lipinski definition) is 1. The largest absolute Gasteiger partial charge is 0.302 e. The SMILES string of the molecule is CCN1CCC[C@H](NS(=O)(=O)CC=C(Cl)Cl)C1. The number of likely N-dealkylation sites (N-methyl/N-ethyl adjacent to an activating group) is 1. The Morgan fingerprint density at radius 2 is 2.24 bits per heavy atom. The Kier molecular flexibility index (Phi) is 6.23. The molecule has 1 fully saturated rings. The highest BCUT2D eigenvalue weighted by Crippen LogP contribution is 2.11. The average molecular weight is 301 g/mol. The summed E-state index contributed by atoms with van der Waals surface area (Å²) in [5.74, 6) is -0.169. The van der Waals surface area contributed by atoms with E-state index in [4.69, 9.17) is 23.2 Å². The van der Waals surface area contributed by atoms with E-state index in [1.807, 2.05) is 0 Å². The predicted octanol–water partition coefficient (Wildman–Crippen LogP) is 1.71. The Balaban J connectivity index is 2.49. The quantitative estimate of drug-likeness (QED) is 0.841. The first-order valence-electron chi connectivity index (χ1n) is 5.66. The van der Waals surface area contributed by atoms with Crippen LogP contribution in [-0.4, -0.2) is 44.7 Å². The molecule has 0 aromatic heterocycles. The maximum absolute atomic E-state index is 11.7. The van der Waals surface area contributed by atoms with Gasteiger partial charge in [-0.15, -0.1) is 0 Å². The van der Waals surface area contributed by atoms with Gasteiger partial charge in [0.15, 0.2) is 0 Å². The fourth-order valence-electron chi connectivity index (χ4n) is 1.91. The predicted molar refractivity (Wildman–Crippen MR) is 71.8 cm³/mol. The average Bonchev–Trinajstić information content (AvgIpc) is 2.26. The lowest BCUT2D eigenvalue weighted by atomic mass is 10.1. The van der Waals surface area contributed by atoms with Gasteiger partial charge in [-0.05, 0) is 32.0 Å². The summed E-state index contributed by atoms with van der Waals surface area (Å²) in [5.41, 5.74) is 0. The van der Waals surface area contributed by atoms with Crippen LogP contribution in [-0.2, 0) is 10.0 Å². The van der Waals surface area contributed by atoms with Crippen LogP contribution in [0.1, 0.15) is 19.8 Å². The van der Waals surface area contributed by atoms with Gasteiger partial charge in [-0.25, -0.2) is 13.1 Å². The highest BCUT2D eigenvalue weighted by Gasteiger charge is 2.22. The van der Waals surface area contributed by atoms with Crippen LogP contribution >= 0.6 is 23.2 Å². The second-order valence-corrected chi connectivity index (χ2v) is 6.93. The molecule has 1 rings (SSSR count). The molecule has 1 heterocycles. The first kappa shape index (κ1) is 15.2. The minimum absolute atomic E-state index is 0.00352. The van der Waals surface area contributed by atoms with Crippen LogP contribution in [0.15, 0.2) is 10.6 Å². The van der Waals surface area contributed by atoms with Crippen molar-refractivity contribution in [3.05, 3.63) is 10.6 Å². The first-order valence-corrected chi connectivity index (χ1v) is 8.07. The number of halogens is 2. The van der Waals surface area contributed by atoms with Gasteiger partial charge in [0.1, 0.15) is 4.49 Å². The number of likely N-dealkylation sites (tertiary alicyclic amines) is 1. The van der Waals surface area contributed by atoms with Crippen molar-refractivity contribution in [2.24, 2.45) is 0 Å². The van der Waals surface area contributed by atoms with Gasteiger partial charge in [-0.2, -0.15) is 0 Å². The lowest BCUT2D eigenvalue weighted by Crippen LogP contribution is -2.47. The van der Waals surface area contributed by atoms with E-state index in [0.29, 0.717) is 0 Å². The summed E-state index contributed by atoms with van der Waals surface area (Å²) in [7, 11) is -3.33. The van der Waals surface area contributed by atoms with E-state index >= 15 is 0 Å². The van der Waals surface area contributed by atoms with E-state index in [0.717, 1.165) is 32.5 Å². The molecule has 0 aromatic carbocycles. The number of nitrogens with zero attached hydrogens (tertiary/aromatic N) is 1. The fourth-order valence-corrected chi connectivity index (χ4v) is 3.43. The molecule has 1 atom stereocenters. The summed E-state index contributed by atoms with van der Waals surface area (Å²) in [6.45, 7) is 4.84. The zero-order chi connectivity index (χ0) is 12.9. The van der Waals surface area contributed by atoms with Gasteiger partial charge in [0, 0.05) is 12.6 Å². The molecule has 1 saturated heterocycles. The zero-order valence-electron chi connectivity index (χ0n) is 9.83. The third kappa shape index (κ3) is 6.06. The lowest BCUT2D eigenvalue weighted by Gasteiger charge is -2.31. The van der Waals surface area contributed by atoms with Crippen molar-refractivity contribution in [2.45, 2.75) is 25.8 Å². The number of rotatable bonds is 5. The molecule has 0 amide bonds. The van der Waals surface area contributed by atoms with Crippen LogP contribution < -0.4 is 4.72 Å². The van der Waals surface area contributed by atoms with Gasteiger partial charge >= 0.3 is 0 Å². The first-order chi connectivity index (χ1) is 7.93. The van der Waals surface area contributed by atoms with Crippen molar-refractivity contribution in [1.82, 2.24) is 9.62 Å². The molecular formula is C10H18Cl2N2O2S. The summed E-state index contributed by atoms with van der Waals surface area (Å²) in [6, 6.07) is -0.00352. The van der Waals surface area contributed by atoms with Crippen molar-refractivity contribution in [1.29, 1.82) is 0 Å². The summed E-state index contributed by atoms with van der Waals surface area (Å²) in [6.07, 6.45) is 3.19. The van der Waals surface area contributed by atoms with Crippen LogP contribution in [0.2, 0.25) is 0 Å². The maximum atomic E-state index is 11.7. The summed E-state index contributed by atoms with van der Waals surface area (Å²) < 4.78 is 26.1. The molecule has 0 unspecified atom stereocenters. The summed E-state index contributed by atoms with van der Waals surface area (Å²) in [4.78, 5) is 2.24. The molecule has 7 heteroatoms. The molecule has 0 aromatic rings. The zero-order valence-corrected chi connectivity index (χ0v) is 12.2. The van der Waals surface area contributed by atoms with Gasteiger partial charge in [-0.3, -0.25) is 0 Å². The van der Waals surface area contributed by atoms with Crippen LogP contribution in [0, 0.1) is 0 Å². The second kappa shape index (κ2) is 6.95. The van der Waals surface area contributed by atoms with Gasteiger partial charge < -0.3 is 4.90 Å². The lowest BCUT2D eigenvalue weighted by molar-refractivity contribution is 0.211. The van der Waals surface area contributed by atoms with Crippen molar-refractivity contribution in [3.63, 3.8) is 0 Å². The van der Waals surface area contributed by atoms with E-state index in [-0.39, 0.29) is 16.3 Å². The number of sulfonamides is 1. The summed E-state index contributed by atoms with van der Waals surface area (Å²) >= 11 is 10.8. The molecule has 0 saturated carbocycles. The normalized spacial score (nSPS) is 22.4. The van der Waals surface area contributed by atoms with Gasteiger partial charge in [0.25, 0.3) is 0 Å². The van der Waals surface area contributed by atoms with Gasteiger partial charge in [0.05, 0.1) is 5.75 Å². The molecule has 0 radical (unpaired) electrons. The Labute approximate surface area is 113 Å². The summed E-state index contributed by atoms with van der Waals surface area (Å²) in [5, 5.41) is 0. The van der Waals surface area contributed by atoms with Crippen molar-refractivity contribution in [2.75, 3.05) is 25.4 Å². The van der Waals surface area contributed by atoms with Crippen LogP contribution in [0.25, 0.3) is 0 Å². The topological polar surface area (TPSA) is 49.4 Å². The Morgan fingerprint density at radius 3 is 2.82 bits per heavy atom. The molecule has 0 aliphatic carbocycles. The number of hydrogen-bond acceptors (Lipinski definition) is 3. The minimum Gasteiger partial charge on any atom is -0.302 e. The van der Waals surface area contributed by atoms with Crippen LogP contribution in [0.4, 0.5) is 0 Å². The molecule has 4 nitrogen and oxygen atoms in total. The standard InChI is InChI=1S/C10H18Cl2N2O2S/c1-2-14-6-3-4-9(8-14)13-17(15,16)7-5-10(11)12/h5,9,13H,2-4,6-8H2,1H3/t9-/m0/s1. The van der Waals surface area contributed by atoms with Crippen molar-refractivity contribution in [3.8, 4) is 0 Å². The van der Waals surface area contributed by atoms with Crippen LogP contribution in [0.3, 0.4) is 0 Å². The van der Waals surface area contributed by atoms with Crippen molar-refractivity contribution >= 4 is 33.2 Å². The number of piperidine rings is 1. The smallest absolute Gasteiger partial charge is 0.215 e. The molecule has 1 aliphatic rings. The van der Waals surface area contributed by atoms with Crippen molar-refractivity contribution < 1.29 is 8.42 Å². The van der Waals surface area contributed by atoms with E-state index in [2.05, 4.69) is 16.5 Å². The van der Waals surface area contributed by atoms with Crippen LogP contribution in [0.5, 0.6) is 0 Å². The minimum atomic E-state index is -3.33. The number of nitrogens with one attached hydrogen (secondary N) is 1. The highest BCUT2D eigenvalue weighted by atomic mass is 35.5. The molecule has 0 spiro atoms. The van der Waals surface area contributed by atoms with E-state index in [1.165, 1.54) is 6.08 Å². The molecule has 17 heavy (non-hydrogen) atoms. The van der Waals surface area contributed by atoms with E-state index in [1.54, 1.807) is 0 Å². The second-order valence-electron chi connectivity index (χ2n) is 4.13. The molecule has 1 aliphatic heterocycles. The fraction of sp³-hybridized carbons (Fsp3) is 0.800. The molecule has 100 valence electrons. The Bertz CT molecular complexity index is 367. The highest BCUT2D eigenvalue weighted by molar-refractivity contribution is 7.89. The van der Waals surface area contributed by atoms with Gasteiger partial charge in [-0.1, -0.05) is 30.1 Å². The Morgan fingerprint density at radius 1 is 1.53 bits per heavy atom. The van der Waals surface area contributed by atoms with E-state index < -0.39 is 10.0 Å². The third-order valence-corrected chi connectivity index (χ3v) is 4.36. The molecule has 1 N–H and O–H groups in total. The third-order valence-electron chi connectivity index (χ3n) is 2.76. The molecule has 0 bridgehead atoms.